The largest absolute Gasteiger partial charge is 0.455 e. The van der Waals surface area contributed by atoms with Crippen LogP contribution in [-0.2, 0) is 39.9 Å². The second kappa shape index (κ2) is 15.3. The topological polar surface area (TPSA) is 135 Å². The van der Waals surface area contributed by atoms with Crippen molar-refractivity contribution in [2.24, 2.45) is 17.8 Å². The molecule has 4 aliphatic heterocycles. The molecule has 2 N–H and O–H groups in total. The number of aliphatic hydroxyl groups is 1. The Morgan fingerprint density at radius 3 is 2.40 bits per heavy atom. The second-order valence-electron chi connectivity index (χ2n) is 14.0. The first-order chi connectivity index (χ1) is 24.2. The molecule has 2 fully saturated rings. The highest BCUT2D eigenvalue weighted by atomic mass is 16.6. The van der Waals surface area contributed by atoms with Crippen LogP contribution in [0, 0.1) is 17.8 Å². The molecule has 2 saturated heterocycles. The molecule has 4 aliphatic rings. The third-order valence-corrected chi connectivity index (χ3v) is 10.1. The minimum Gasteiger partial charge on any atom is -0.455 e. The number of hydrogen-bond acceptors (Lipinski definition) is 8. The Balaban J connectivity index is 1.45. The highest BCUT2D eigenvalue weighted by Crippen LogP contribution is 2.54. The number of rotatable bonds is 9. The minimum atomic E-state index is -1.51. The lowest BCUT2D eigenvalue weighted by molar-refractivity contribution is -0.163. The van der Waals surface area contributed by atoms with E-state index < -0.39 is 59.6 Å². The normalized spacial score (nSPS) is 31.1. The fourth-order valence-electron chi connectivity index (χ4n) is 8.04. The molecular weight excluding hydrogens is 638 g/mol. The van der Waals surface area contributed by atoms with Crippen LogP contribution in [0.25, 0.3) is 0 Å². The van der Waals surface area contributed by atoms with Gasteiger partial charge in [0.1, 0.15) is 23.7 Å². The molecule has 0 saturated carbocycles. The predicted molar refractivity (Wildman–Crippen MR) is 184 cm³/mol. The van der Waals surface area contributed by atoms with Crippen LogP contribution >= 0.6 is 0 Å². The fourth-order valence-corrected chi connectivity index (χ4v) is 8.04. The van der Waals surface area contributed by atoms with E-state index >= 15 is 0 Å². The van der Waals surface area contributed by atoms with E-state index in [1.807, 2.05) is 80.6 Å². The molecule has 0 bridgehead atoms. The van der Waals surface area contributed by atoms with Gasteiger partial charge in [0.05, 0.1) is 37.3 Å². The molecular formula is C39H47N3O8. The average Bonchev–Trinajstić information content (AvgIpc) is 3.50. The smallest absolute Gasteiger partial charge is 0.313 e. The molecule has 50 heavy (non-hydrogen) atoms. The van der Waals surface area contributed by atoms with Crippen molar-refractivity contribution in [2.45, 2.75) is 75.6 Å². The third kappa shape index (κ3) is 6.86. The SMILES string of the molecule is COC[C@@H]1NC(=O)CC/C=C\[C@@H]2O[C@@]34C=CCN(Cc5ccccc5)C(=O)[C@@H]3N([C@@H](CO)CC(C)C)C(=O)[C@H]4[C@@H]2C(=O)O[C@H]1c1ccccc1. The van der Waals surface area contributed by atoms with Gasteiger partial charge in [-0.25, -0.2) is 0 Å². The molecule has 3 amide bonds. The van der Waals surface area contributed by atoms with Gasteiger partial charge in [-0.05, 0) is 29.9 Å². The average molecular weight is 686 g/mol. The lowest BCUT2D eigenvalue weighted by atomic mass is 9.77. The van der Waals surface area contributed by atoms with Crippen LogP contribution in [0.3, 0.4) is 0 Å². The van der Waals surface area contributed by atoms with Crippen molar-refractivity contribution >= 4 is 23.7 Å². The maximum Gasteiger partial charge on any atom is 0.313 e. The Bertz CT molecular complexity index is 1600. The van der Waals surface area contributed by atoms with Crippen molar-refractivity contribution in [1.29, 1.82) is 0 Å². The highest BCUT2D eigenvalue weighted by molar-refractivity contribution is 5.99. The molecule has 0 aliphatic carbocycles. The van der Waals surface area contributed by atoms with E-state index in [2.05, 4.69) is 5.32 Å². The summed E-state index contributed by atoms with van der Waals surface area (Å²) in [6, 6.07) is 16.2. The van der Waals surface area contributed by atoms with Crippen LogP contribution in [0.4, 0.5) is 0 Å². The van der Waals surface area contributed by atoms with Gasteiger partial charge < -0.3 is 34.4 Å². The molecule has 2 aromatic carbocycles. The number of cyclic esters (lactones) is 1. The summed E-state index contributed by atoms with van der Waals surface area (Å²) in [6.45, 7) is 4.30. The number of carbonyl (C=O) groups excluding carboxylic acids is 4. The van der Waals surface area contributed by atoms with Crippen LogP contribution in [0.15, 0.2) is 85.0 Å². The molecule has 0 radical (unpaired) electrons. The predicted octanol–water partition coefficient (Wildman–Crippen LogP) is 3.34. The van der Waals surface area contributed by atoms with Crippen molar-refractivity contribution in [1.82, 2.24) is 15.1 Å². The summed E-state index contributed by atoms with van der Waals surface area (Å²) in [6.07, 6.45) is 6.26. The number of nitrogens with one attached hydrogen (secondary N) is 1. The number of aliphatic hydroxyl groups excluding tert-OH is 1. The summed E-state index contributed by atoms with van der Waals surface area (Å²) in [4.78, 5) is 60.5. The van der Waals surface area contributed by atoms with Gasteiger partial charge in [0.2, 0.25) is 17.7 Å². The molecule has 0 unspecified atom stereocenters. The number of nitrogens with zero attached hydrogens (tertiary/aromatic N) is 2. The van der Waals surface area contributed by atoms with E-state index in [4.69, 9.17) is 14.2 Å². The summed E-state index contributed by atoms with van der Waals surface area (Å²) >= 11 is 0. The standard InChI is InChI=1S/C39H47N3O8/c1-25(2)21-28(23-43)42-35-37(46)41(22-26-13-6-4-7-14-26)20-12-19-39(35)33(36(42)45)32-30(50-39)17-10-11-18-31(44)40-29(24-48-3)34(49-38(32)47)27-15-8-5-9-16-27/h4-10,12-17,19,25,28-30,32-35,43H,11,18,20-24H2,1-3H3,(H,40,44)/b17-10-/t28-,29+,30+,32-,33-,34+,35+,39-/m1/s1. The number of amides is 3. The molecule has 266 valence electrons. The van der Waals surface area contributed by atoms with Crippen molar-refractivity contribution in [2.75, 3.05) is 26.9 Å². The Morgan fingerprint density at radius 1 is 1.00 bits per heavy atom. The molecule has 4 heterocycles. The van der Waals surface area contributed by atoms with E-state index in [9.17, 15) is 24.3 Å². The summed E-state index contributed by atoms with van der Waals surface area (Å²) in [5.74, 6) is -3.78. The van der Waals surface area contributed by atoms with E-state index in [0.29, 0.717) is 24.9 Å². The van der Waals surface area contributed by atoms with Gasteiger partial charge in [-0.15, -0.1) is 0 Å². The first kappa shape index (κ1) is 35.5. The van der Waals surface area contributed by atoms with Gasteiger partial charge in [-0.1, -0.05) is 98.8 Å². The van der Waals surface area contributed by atoms with E-state index in [-0.39, 0.29) is 43.9 Å². The van der Waals surface area contributed by atoms with Crippen molar-refractivity contribution in [3.63, 3.8) is 0 Å². The van der Waals surface area contributed by atoms with Crippen molar-refractivity contribution in [3.8, 4) is 0 Å². The summed E-state index contributed by atoms with van der Waals surface area (Å²) < 4.78 is 18.6. The lowest BCUT2D eigenvalue weighted by Gasteiger charge is -2.39. The zero-order chi connectivity index (χ0) is 35.4. The van der Waals surface area contributed by atoms with Gasteiger partial charge in [0.15, 0.2) is 0 Å². The Labute approximate surface area is 293 Å². The van der Waals surface area contributed by atoms with Gasteiger partial charge in [0.25, 0.3) is 0 Å². The number of hydrogen-bond donors (Lipinski definition) is 2. The van der Waals surface area contributed by atoms with Crippen LogP contribution < -0.4 is 5.32 Å². The summed E-state index contributed by atoms with van der Waals surface area (Å²) in [5.41, 5.74) is 0.0708. The minimum absolute atomic E-state index is 0.0725. The molecule has 1 spiro atoms. The maximum absolute atomic E-state index is 14.9. The number of carbonyl (C=O) groups is 4. The molecule has 0 aromatic heterocycles. The number of likely N-dealkylation sites (tertiary alicyclic amines) is 1. The summed E-state index contributed by atoms with van der Waals surface area (Å²) in [7, 11) is 1.51. The van der Waals surface area contributed by atoms with E-state index in [0.717, 1.165) is 5.56 Å². The van der Waals surface area contributed by atoms with E-state index in [1.54, 1.807) is 23.1 Å². The Hall–Kier alpha value is -4.32. The number of allylic oxidation sites excluding steroid dienone is 1. The zero-order valence-corrected chi connectivity index (χ0v) is 28.9. The number of fused-ring (bicyclic) bond motifs is 2. The first-order valence-corrected chi connectivity index (χ1v) is 17.5. The molecule has 8 atom stereocenters. The Morgan fingerprint density at radius 2 is 1.72 bits per heavy atom. The molecule has 11 nitrogen and oxygen atoms in total. The Kier molecular flexibility index (Phi) is 10.9. The van der Waals surface area contributed by atoms with Gasteiger partial charge in [-0.3, -0.25) is 19.2 Å². The quantitative estimate of drug-likeness (QED) is 0.304. The van der Waals surface area contributed by atoms with Gasteiger partial charge >= 0.3 is 5.97 Å². The first-order valence-electron chi connectivity index (χ1n) is 17.5. The van der Waals surface area contributed by atoms with Crippen LogP contribution in [0.5, 0.6) is 0 Å². The number of ether oxygens (including phenoxy) is 3. The van der Waals surface area contributed by atoms with Crippen LogP contribution in [0.1, 0.15) is 50.3 Å². The fraction of sp³-hybridized carbons (Fsp3) is 0.487. The highest BCUT2D eigenvalue weighted by Gasteiger charge is 2.72. The molecule has 11 heteroatoms. The number of benzene rings is 2. The van der Waals surface area contributed by atoms with Crippen molar-refractivity contribution in [3.05, 3.63) is 96.1 Å². The molecule has 6 rings (SSSR count). The third-order valence-electron chi connectivity index (χ3n) is 10.1. The van der Waals surface area contributed by atoms with Gasteiger partial charge in [0, 0.05) is 26.6 Å². The summed E-state index contributed by atoms with van der Waals surface area (Å²) in [5, 5.41) is 13.7. The van der Waals surface area contributed by atoms with Gasteiger partial charge in [-0.2, -0.15) is 0 Å². The van der Waals surface area contributed by atoms with Crippen LogP contribution in [-0.4, -0.2) is 95.3 Å². The van der Waals surface area contributed by atoms with E-state index in [1.165, 1.54) is 12.0 Å². The lowest BCUT2D eigenvalue weighted by Crippen LogP contribution is -2.58. The zero-order valence-electron chi connectivity index (χ0n) is 28.9. The second-order valence-corrected chi connectivity index (χ2v) is 14.0. The molecule has 2 aromatic rings. The number of esters is 1. The van der Waals surface area contributed by atoms with Crippen LogP contribution in [0.2, 0.25) is 0 Å². The number of methoxy groups -OCH3 is 1. The monoisotopic (exact) mass is 685 g/mol. The maximum atomic E-state index is 14.9. The van der Waals surface area contributed by atoms with Crippen molar-refractivity contribution < 1.29 is 38.5 Å².